The summed E-state index contributed by atoms with van der Waals surface area (Å²) < 4.78 is 0. The number of aromatic nitrogens is 1. The average molecular weight is 349 g/mol. The predicted octanol–water partition coefficient (Wildman–Crippen LogP) is 1.80. The van der Waals surface area contributed by atoms with Gasteiger partial charge < -0.3 is 20.4 Å². The second kappa shape index (κ2) is 9.36. The van der Waals surface area contributed by atoms with Crippen LogP contribution in [0.15, 0.2) is 29.6 Å². The normalized spacial score (nSPS) is 10.6. The number of nitrogens with one attached hydrogen (secondary N) is 1. The minimum Gasteiger partial charge on any atom is -0.395 e. The highest BCUT2D eigenvalue weighted by atomic mass is 32.1. The molecule has 7 heteroatoms. The summed E-state index contributed by atoms with van der Waals surface area (Å²) in [5.41, 5.74) is 2.92. The molecule has 130 valence electrons. The smallest absolute Gasteiger partial charge is 0.228 e. The maximum atomic E-state index is 12.2. The fraction of sp³-hybridized carbons (Fsp3) is 0.412. The Morgan fingerprint density at radius 3 is 2.46 bits per heavy atom. The van der Waals surface area contributed by atoms with Crippen LogP contribution in [-0.4, -0.2) is 52.3 Å². The molecular weight excluding hydrogens is 326 g/mol. The van der Waals surface area contributed by atoms with Crippen molar-refractivity contribution >= 4 is 28.1 Å². The van der Waals surface area contributed by atoms with Gasteiger partial charge in [0.2, 0.25) is 5.91 Å². The molecule has 3 N–H and O–H groups in total. The van der Waals surface area contributed by atoms with Crippen LogP contribution in [0.1, 0.15) is 18.2 Å². The van der Waals surface area contributed by atoms with Crippen molar-refractivity contribution in [1.29, 1.82) is 0 Å². The Morgan fingerprint density at radius 1 is 1.21 bits per heavy atom. The number of hydrogen-bond acceptors (Lipinski definition) is 6. The lowest BCUT2D eigenvalue weighted by Crippen LogP contribution is -2.36. The predicted molar refractivity (Wildman–Crippen MR) is 95.7 cm³/mol. The van der Waals surface area contributed by atoms with Gasteiger partial charge in [-0.25, -0.2) is 4.98 Å². The SMILES string of the molecule is CCc1ccc(Nc2nc(CC(=O)N(CCO)CCO)cs2)cc1. The molecule has 0 aliphatic rings. The highest BCUT2D eigenvalue weighted by molar-refractivity contribution is 7.13. The topological polar surface area (TPSA) is 85.7 Å². The Labute approximate surface area is 145 Å². The third kappa shape index (κ3) is 5.30. The largest absolute Gasteiger partial charge is 0.395 e. The molecular formula is C17H23N3O3S. The molecule has 2 aromatic rings. The van der Waals surface area contributed by atoms with Crippen LogP contribution in [0.2, 0.25) is 0 Å². The molecule has 1 aromatic heterocycles. The van der Waals surface area contributed by atoms with Crippen LogP contribution in [0.3, 0.4) is 0 Å². The first-order valence-corrected chi connectivity index (χ1v) is 8.84. The Hall–Kier alpha value is -1.96. The van der Waals surface area contributed by atoms with Crippen molar-refractivity contribution < 1.29 is 15.0 Å². The van der Waals surface area contributed by atoms with Gasteiger partial charge in [-0.2, -0.15) is 0 Å². The molecule has 0 fully saturated rings. The lowest BCUT2D eigenvalue weighted by molar-refractivity contribution is -0.131. The van der Waals surface area contributed by atoms with Crippen molar-refractivity contribution in [2.24, 2.45) is 0 Å². The molecule has 0 unspecified atom stereocenters. The number of thiazole rings is 1. The number of carbonyl (C=O) groups excluding carboxylic acids is 1. The summed E-state index contributed by atoms with van der Waals surface area (Å²) in [6, 6.07) is 8.16. The number of aliphatic hydroxyl groups is 2. The molecule has 6 nitrogen and oxygen atoms in total. The second-order valence-electron chi connectivity index (χ2n) is 5.32. The lowest BCUT2D eigenvalue weighted by atomic mass is 10.1. The van der Waals surface area contributed by atoms with Crippen molar-refractivity contribution in [1.82, 2.24) is 9.88 Å². The Bertz CT molecular complexity index is 637. The van der Waals surface area contributed by atoms with Crippen molar-refractivity contribution in [2.75, 3.05) is 31.6 Å². The molecule has 0 radical (unpaired) electrons. The van der Waals surface area contributed by atoms with E-state index in [1.54, 1.807) is 0 Å². The van der Waals surface area contributed by atoms with Gasteiger partial charge in [0.15, 0.2) is 5.13 Å². The number of hydrogen-bond donors (Lipinski definition) is 3. The average Bonchev–Trinajstić information content (AvgIpc) is 3.02. The molecule has 0 saturated carbocycles. The molecule has 0 aliphatic heterocycles. The van der Waals surface area contributed by atoms with Crippen molar-refractivity contribution in [3.05, 3.63) is 40.9 Å². The van der Waals surface area contributed by atoms with E-state index in [1.165, 1.54) is 21.8 Å². The number of amides is 1. The van der Waals surface area contributed by atoms with Gasteiger partial charge in [0.25, 0.3) is 0 Å². The number of aliphatic hydroxyl groups excluding tert-OH is 2. The van der Waals surface area contributed by atoms with Crippen LogP contribution in [-0.2, 0) is 17.6 Å². The summed E-state index contributed by atoms with van der Waals surface area (Å²) in [5.74, 6) is -0.151. The van der Waals surface area contributed by atoms with Gasteiger partial charge in [-0.15, -0.1) is 11.3 Å². The van der Waals surface area contributed by atoms with E-state index in [0.717, 1.165) is 17.2 Å². The summed E-state index contributed by atoms with van der Waals surface area (Å²) in [6.45, 7) is 2.31. The zero-order chi connectivity index (χ0) is 17.4. The highest BCUT2D eigenvalue weighted by Gasteiger charge is 2.15. The summed E-state index contributed by atoms with van der Waals surface area (Å²) in [5, 5.41) is 23.8. The van der Waals surface area contributed by atoms with E-state index in [2.05, 4.69) is 29.4 Å². The number of benzene rings is 1. The monoisotopic (exact) mass is 349 g/mol. The number of aryl methyl sites for hydroxylation is 1. The number of anilines is 2. The minimum atomic E-state index is -0.151. The maximum absolute atomic E-state index is 12.2. The van der Waals surface area contributed by atoms with Gasteiger partial charge in [0, 0.05) is 24.2 Å². The Balaban J connectivity index is 1.95. The number of rotatable bonds is 9. The summed E-state index contributed by atoms with van der Waals surface area (Å²) in [4.78, 5) is 18.0. The van der Waals surface area contributed by atoms with E-state index in [1.807, 2.05) is 17.5 Å². The fourth-order valence-corrected chi connectivity index (χ4v) is 2.99. The highest BCUT2D eigenvalue weighted by Crippen LogP contribution is 2.22. The summed E-state index contributed by atoms with van der Waals surface area (Å²) in [7, 11) is 0. The van der Waals surface area contributed by atoms with Gasteiger partial charge in [0.05, 0.1) is 25.3 Å². The second-order valence-corrected chi connectivity index (χ2v) is 6.18. The zero-order valence-corrected chi connectivity index (χ0v) is 14.6. The molecule has 0 bridgehead atoms. The van der Waals surface area contributed by atoms with E-state index in [9.17, 15) is 4.79 Å². The first-order chi connectivity index (χ1) is 11.7. The van der Waals surface area contributed by atoms with Crippen LogP contribution < -0.4 is 5.32 Å². The van der Waals surface area contributed by atoms with Crippen molar-refractivity contribution in [2.45, 2.75) is 19.8 Å². The van der Waals surface area contributed by atoms with E-state index >= 15 is 0 Å². The van der Waals surface area contributed by atoms with E-state index < -0.39 is 0 Å². The molecule has 0 spiro atoms. The summed E-state index contributed by atoms with van der Waals surface area (Å²) in [6.07, 6.45) is 1.16. The lowest BCUT2D eigenvalue weighted by Gasteiger charge is -2.20. The zero-order valence-electron chi connectivity index (χ0n) is 13.7. The van der Waals surface area contributed by atoms with Crippen LogP contribution in [0.25, 0.3) is 0 Å². The van der Waals surface area contributed by atoms with Crippen molar-refractivity contribution in [3.63, 3.8) is 0 Å². The van der Waals surface area contributed by atoms with Crippen LogP contribution in [0.5, 0.6) is 0 Å². The molecule has 0 aliphatic carbocycles. The first-order valence-electron chi connectivity index (χ1n) is 7.96. The number of nitrogens with zero attached hydrogens (tertiary/aromatic N) is 2. The van der Waals surface area contributed by atoms with Gasteiger partial charge >= 0.3 is 0 Å². The fourth-order valence-electron chi connectivity index (χ4n) is 2.26. The van der Waals surface area contributed by atoms with Crippen molar-refractivity contribution in [3.8, 4) is 0 Å². The third-order valence-corrected chi connectivity index (χ3v) is 4.40. The van der Waals surface area contributed by atoms with Gasteiger partial charge in [-0.05, 0) is 24.1 Å². The standard InChI is InChI=1S/C17H23N3O3S/c1-2-13-3-5-14(6-4-13)18-17-19-15(12-24-17)11-16(23)20(7-9-21)8-10-22/h3-6,12,21-22H,2,7-11H2,1H3,(H,18,19). The maximum Gasteiger partial charge on any atom is 0.228 e. The molecule has 2 rings (SSSR count). The van der Waals surface area contributed by atoms with E-state index in [-0.39, 0.29) is 38.6 Å². The first kappa shape index (κ1) is 18.4. The quantitative estimate of drug-likeness (QED) is 0.643. The molecule has 0 atom stereocenters. The van der Waals surface area contributed by atoms with Crippen LogP contribution in [0, 0.1) is 0 Å². The van der Waals surface area contributed by atoms with Gasteiger partial charge in [-0.3, -0.25) is 4.79 Å². The molecule has 0 saturated heterocycles. The molecule has 24 heavy (non-hydrogen) atoms. The van der Waals surface area contributed by atoms with E-state index in [0.29, 0.717) is 5.69 Å². The molecule has 1 amide bonds. The third-order valence-electron chi connectivity index (χ3n) is 3.59. The van der Waals surface area contributed by atoms with Crippen LogP contribution in [0.4, 0.5) is 10.8 Å². The van der Waals surface area contributed by atoms with Gasteiger partial charge in [0.1, 0.15) is 0 Å². The molecule has 1 aromatic carbocycles. The summed E-state index contributed by atoms with van der Waals surface area (Å²) >= 11 is 1.44. The van der Waals surface area contributed by atoms with Crippen LogP contribution >= 0.6 is 11.3 Å². The van der Waals surface area contributed by atoms with E-state index in [4.69, 9.17) is 10.2 Å². The number of carbonyl (C=O) groups is 1. The minimum absolute atomic E-state index is 0.122. The van der Waals surface area contributed by atoms with Gasteiger partial charge in [-0.1, -0.05) is 19.1 Å². The Kier molecular flexibility index (Phi) is 7.17. The Morgan fingerprint density at radius 2 is 1.88 bits per heavy atom. The molecule has 1 heterocycles.